The second-order valence-electron chi connectivity index (χ2n) is 7.21. The molecule has 0 aromatic carbocycles. The summed E-state index contributed by atoms with van der Waals surface area (Å²) >= 11 is 0. The van der Waals surface area contributed by atoms with E-state index in [9.17, 15) is 19.5 Å². The summed E-state index contributed by atoms with van der Waals surface area (Å²) in [5, 5.41) is 15.1. The first-order valence-corrected chi connectivity index (χ1v) is 10.9. The van der Waals surface area contributed by atoms with Gasteiger partial charge in [0.05, 0.1) is 12.7 Å². The smallest absolute Gasteiger partial charge is 0.305 e. The van der Waals surface area contributed by atoms with Crippen molar-refractivity contribution in [1.82, 2.24) is 10.6 Å². The minimum atomic E-state index is -0.758. The Bertz CT molecular complexity index is 429. The number of hydrogen-bond acceptors (Lipinski definition) is 5. The molecule has 7 heteroatoms. The van der Waals surface area contributed by atoms with Gasteiger partial charge in [-0.3, -0.25) is 14.4 Å². The molecule has 0 rings (SSSR count). The van der Waals surface area contributed by atoms with Crippen LogP contribution in [0.3, 0.4) is 0 Å². The molecule has 0 aromatic heterocycles. The molecule has 1 unspecified atom stereocenters. The first kappa shape index (κ1) is 26.4. The summed E-state index contributed by atoms with van der Waals surface area (Å²) in [4.78, 5) is 34.2. The van der Waals surface area contributed by atoms with Gasteiger partial charge in [-0.15, -0.1) is 0 Å². The van der Waals surface area contributed by atoms with Crippen LogP contribution in [0.4, 0.5) is 0 Å². The number of carbonyl (C=O) groups excluding carboxylic acids is 3. The quantitative estimate of drug-likeness (QED) is 0.242. The second kappa shape index (κ2) is 18.7. The number of ether oxygens (including phenoxy) is 1. The van der Waals surface area contributed by atoms with Crippen molar-refractivity contribution in [3.8, 4) is 0 Å². The van der Waals surface area contributed by atoms with E-state index in [1.807, 2.05) is 13.8 Å². The highest BCUT2D eigenvalue weighted by Crippen LogP contribution is 2.09. The Morgan fingerprint density at radius 3 is 1.82 bits per heavy atom. The van der Waals surface area contributed by atoms with E-state index < -0.39 is 6.10 Å². The van der Waals surface area contributed by atoms with E-state index in [0.29, 0.717) is 25.9 Å². The van der Waals surface area contributed by atoms with Gasteiger partial charge in [0.15, 0.2) is 0 Å². The van der Waals surface area contributed by atoms with Gasteiger partial charge in [-0.2, -0.15) is 0 Å². The molecule has 0 radical (unpaired) electrons. The second-order valence-corrected chi connectivity index (χ2v) is 7.21. The Kier molecular flexibility index (Phi) is 17.6. The molecule has 7 nitrogen and oxygen atoms in total. The lowest BCUT2D eigenvalue weighted by Gasteiger charge is -2.12. The molecule has 0 aromatic rings. The Balaban J connectivity index is 3.41. The van der Waals surface area contributed by atoms with Crippen molar-refractivity contribution in [1.29, 1.82) is 0 Å². The zero-order valence-electron chi connectivity index (χ0n) is 17.8. The molecule has 0 heterocycles. The molecule has 0 saturated carbocycles. The number of amides is 2. The first-order chi connectivity index (χ1) is 13.5. The Hall–Kier alpha value is -1.63. The van der Waals surface area contributed by atoms with Gasteiger partial charge < -0.3 is 20.5 Å². The third-order valence-corrected chi connectivity index (χ3v) is 4.31. The maximum Gasteiger partial charge on any atom is 0.305 e. The molecule has 0 aliphatic rings. The number of hydrogen-bond donors (Lipinski definition) is 3. The van der Waals surface area contributed by atoms with Crippen LogP contribution in [-0.2, 0) is 19.1 Å². The summed E-state index contributed by atoms with van der Waals surface area (Å²) in [6.07, 6.45) is 9.41. The molecule has 0 bridgehead atoms. The van der Waals surface area contributed by atoms with Crippen molar-refractivity contribution in [2.75, 3.05) is 19.7 Å². The number of carbonyl (C=O) groups is 3. The maximum atomic E-state index is 11.7. The fourth-order valence-corrected chi connectivity index (χ4v) is 2.67. The molecule has 164 valence electrons. The van der Waals surface area contributed by atoms with Crippen LogP contribution in [0.2, 0.25) is 0 Å². The van der Waals surface area contributed by atoms with Crippen LogP contribution in [0, 0.1) is 0 Å². The predicted molar refractivity (Wildman–Crippen MR) is 110 cm³/mol. The zero-order chi connectivity index (χ0) is 21.0. The van der Waals surface area contributed by atoms with Gasteiger partial charge in [0.1, 0.15) is 0 Å². The molecule has 0 fully saturated rings. The van der Waals surface area contributed by atoms with Crippen LogP contribution in [-0.4, -0.2) is 48.7 Å². The fourth-order valence-electron chi connectivity index (χ4n) is 2.67. The number of aliphatic hydroxyl groups is 1. The van der Waals surface area contributed by atoms with Crippen molar-refractivity contribution < 1.29 is 24.2 Å². The van der Waals surface area contributed by atoms with Crippen LogP contribution in [0.1, 0.15) is 90.9 Å². The van der Waals surface area contributed by atoms with Crippen LogP contribution in [0.15, 0.2) is 0 Å². The summed E-state index contributed by atoms with van der Waals surface area (Å²) in [7, 11) is 0. The van der Waals surface area contributed by atoms with Crippen molar-refractivity contribution in [2.45, 2.75) is 97.0 Å². The molecule has 0 spiro atoms. The van der Waals surface area contributed by atoms with Gasteiger partial charge in [0.25, 0.3) is 0 Å². The number of esters is 1. The van der Waals surface area contributed by atoms with E-state index in [0.717, 1.165) is 57.8 Å². The Labute approximate surface area is 170 Å². The molecule has 0 aliphatic carbocycles. The molecular weight excluding hydrogens is 360 g/mol. The highest BCUT2D eigenvalue weighted by molar-refractivity contribution is 5.76. The van der Waals surface area contributed by atoms with Crippen LogP contribution in [0.25, 0.3) is 0 Å². The monoisotopic (exact) mass is 400 g/mol. The number of aliphatic hydroxyl groups excluding tert-OH is 1. The van der Waals surface area contributed by atoms with E-state index in [1.165, 1.54) is 0 Å². The van der Waals surface area contributed by atoms with Crippen molar-refractivity contribution in [3.05, 3.63) is 0 Å². The summed E-state index contributed by atoms with van der Waals surface area (Å²) in [6.45, 7) is 4.73. The lowest BCUT2D eigenvalue weighted by Crippen LogP contribution is -2.39. The molecule has 2 amide bonds. The van der Waals surface area contributed by atoms with E-state index in [1.54, 1.807) is 0 Å². The molecule has 0 aliphatic heterocycles. The van der Waals surface area contributed by atoms with Crippen LogP contribution < -0.4 is 10.6 Å². The zero-order valence-corrected chi connectivity index (χ0v) is 17.8. The van der Waals surface area contributed by atoms with E-state index in [4.69, 9.17) is 4.74 Å². The van der Waals surface area contributed by atoms with Gasteiger partial charge >= 0.3 is 5.97 Å². The number of unbranched alkanes of at least 4 members (excludes halogenated alkanes) is 6. The summed E-state index contributed by atoms with van der Waals surface area (Å²) in [6, 6.07) is 0. The largest absolute Gasteiger partial charge is 0.466 e. The summed E-state index contributed by atoms with van der Waals surface area (Å²) in [5.74, 6) is -0.243. The summed E-state index contributed by atoms with van der Waals surface area (Å²) < 4.78 is 5.11. The molecule has 0 saturated heterocycles. The lowest BCUT2D eigenvalue weighted by molar-refractivity contribution is -0.143. The topological polar surface area (TPSA) is 105 Å². The Morgan fingerprint density at radius 2 is 1.25 bits per heavy atom. The van der Waals surface area contributed by atoms with Crippen LogP contribution in [0.5, 0.6) is 0 Å². The summed E-state index contributed by atoms with van der Waals surface area (Å²) in [5.41, 5.74) is 0. The third kappa shape index (κ3) is 17.8. The molecule has 3 N–H and O–H groups in total. The predicted octanol–water partition coefficient (Wildman–Crippen LogP) is 2.84. The number of nitrogens with one attached hydrogen (secondary N) is 2. The minimum Gasteiger partial charge on any atom is -0.466 e. The van der Waals surface area contributed by atoms with Crippen molar-refractivity contribution in [3.63, 3.8) is 0 Å². The first-order valence-electron chi connectivity index (χ1n) is 10.9. The lowest BCUT2D eigenvalue weighted by atomic mass is 10.1. The van der Waals surface area contributed by atoms with E-state index >= 15 is 0 Å². The van der Waals surface area contributed by atoms with Crippen LogP contribution >= 0.6 is 0 Å². The molecule has 1 atom stereocenters. The van der Waals surface area contributed by atoms with Gasteiger partial charge in [0.2, 0.25) is 11.8 Å². The standard InChI is InChI=1S/C21H40N2O5/c1-3-12-19(25)22-16-18(24)17-23-20(26)14-10-8-6-5-7-9-11-15-28-21(27)13-4-2/h18,24H,3-17H2,1-2H3,(H,22,25)(H,23,26). The molecular formula is C21H40N2O5. The highest BCUT2D eigenvalue weighted by Gasteiger charge is 2.08. The third-order valence-electron chi connectivity index (χ3n) is 4.31. The van der Waals surface area contributed by atoms with Gasteiger partial charge in [-0.05, 0) is 25.7 Å². The van der Waals surface area contributed by atoms with Crippen molar-refractivity contribution in [2.24, 2.45) is 0 Å². The Morgan fingerprint density at radius 1 is 0.750 bits per heavy atom. The maximum absolute atomic E-state index is 11.7. The van der Waals surface area contributed by atoms with Gasteiger partial charge in [0, 0.05) is 32.4 Å². The number of rotatable bonds is 18. The van der Waals surface area contributed by atoms with Crippen molar-refractivity contribution >= 4 is 17.8 Å². The van der Waals surface area contributed by atoms with Gasteiger partial charge in [-0.1, -0.05) is 46.0 Å². The molecule has 28 heavy (non-hydrogen) atoms. The van der Waals surface area contributed by atoms with E-state index in [-0.39, 0.29) is 30.9 Å². The fraction of sp³-hybridized carbons (Fsp3) is 0.857. The van der Waals surface area contributed by atoms with Gasteiger partial charge in [-0.25, -0.2) is 0 Å². The van der Waals surface area contributed by atoms with E-state index in [2.05, 4.69) is 10.6 Å². The SMILES string of the molecule is CCCC(=O)NCC(O)CNC(=O)CCCCCCCCCOC(=O)CCC. The minimum absolute atomic E-state index is 0.0622. The average Bonchev–Trinajstić information content (AvgIpc) is 2.66. The highest BCUT2D eigenvalue weighted by atomic mass is 16.5. The average molecular weight is 401 g/mol. The normalized spacial score (nSPS) is 11.7.